The van der Waals surface area contributed by atoms with Gasteiger partial charge in [0.1, 0.15) is 17.5 Å². The van der Waals surface area contributed by atoms with Crippen molar-refractivity contribution in [3.05, 3.63) is 53.6 Å². The Morgan fingerprint density at radius 3 is 3.06 bits per heavy atom. The number of pyridine rings is 1. The molecule has 0 aliphatic heterocycles. The van der Waals surface area contributed by atoms with E-state index in [9.17, 15) is 0 Å². The predicted molar refractivity (Wildman–Crippen MR) is 69.7 cm³/mol. The quantitative estimate of drug-likeness (QED) is 0.735. The molecule has 0 aliphatic rings. The van der Waals surface area contributed by atoms with Crippen LogP contribution < -0.4 is 4.74 Å². The molecule has 0 amide bonds. The van der Waals surface area contributed by atoms with Crippen LogP contribution in [-0.4, -0.2) is 15.2 Å². The molecule has 0 atom stereocenters. The lowest BCUT2D eigenvalue weighted by atomic mass is 10.2. The average Bonchev–Trinajstić information content (AvgIpc) is 2.90. The molecule has 0 fully saturated rings. The normalized spacial score (nSPS) is 10.7. The fourth-order valence-corrected chi connectivity index (χ4v) is 1.96. The Balaban J connectivity index is 1.85. The number of fused-ring (bicyclic) bond motifs is 1. The molecular formula is C13H10ClN3O. The highest BCUT2D eigenvalue weighted by Gasteiger charge is 2.02. The SMILES string of the molecule is Clc1nccc2cc(OCc3cn[nH]c3)ccc12. The summed E-state index contributed by atoms with van der Waals surface area (Å²) in [5.74, 6) is 0.797. The molecule has 1 N–H and O–H groups in total. The van der Waals surface area contributed by atoms with Crippen LogP contribution in [0.15, 0.2) is 42.9 Å². The molecule has 0 unspecified atom stereocenters. The maximum atomic E-state index is 6.00. The molecular weight excluding hydrogens is 250 g/mol. The summed E-state index contributed by atoms with van der Waals surface area (Å²) >= 11 is 6.00. The van der Waals surface area contributed by atoms with E-state index in [2.05, 4.69) is 15.2 Å². The van der Waals surface area contributed by atoms with E-state index in [1.165, 1.54) is 0 Å². The van der Waals surface area contributed by atoms with Gasteiger partial charge in [-0.25, -0.2) is 4.98 Å². The molecule has 0 radical (unpaired) electrons. The van der Waals surface area contributed by atoms with Crippen LogP contribution in [0.2, 0.25) is 5.15 Å². The Hall–Kier alpha value is -2.07. The van der Waals surface area contributed by atoms with Gasteiger partial charge in [0.05, 0.1) is 6.20 Å². The number of aromatic nitrogens is 3. The minimum absolute atomic E-state index is 0.487. The van der Waals surface area contributed by atoms with Crippen LogP contribution in [0.3, 0.4) is 0 Å². The molecule has 18 heavy (non-hydrogen) atoms. The Morgan fingerprint density at radius 1 is 1.28 bits per heavy atom. The highest BCUT2D eigenvalue weighted by Crippen LogP contribution is 2.25. The minimum Gasteiger partial charge on any atom is -0.489 e. The highest BCUT2D eigenvalue weighted by molar-refractivity contribution is 6.34. The van der Waals surface area contributed by atoms with Crippen molar-refractivity contribution in [2.24, 2.45) is 0 Å². The number of halogens is 1. The second kappa shape index (κ2) is 4.66. The summed E-state index contributed by atoms with van der Waals surface area (Å²) in [5.41, 5.74) is 1.00. The summed E-state index contributed by atoms with van der Waals surface area (Å²) in [7, 11) is 0. The van der Waals surface area contributed by atoms with Crippen molar-refractivity contribution in [1.82, 2.24) is 15.2 Å². The van der Waals surface area contributed by atoms with Crippen molar-refractivity contribution in [3.63, 3.8) is 0 Å². The molecule has 1 aromatic carbocycles. The molecule has 0 saturated heterocycles. The number of nitrogens with one attached hydrogen (secondary N) is 1. The molecule has 0 aliphatic carbocycles. The smallest absolute Gasteiger partial charge is 0.136 e. The number of hydrogen-bond donors (Lipinski definition) is 1. The monoisotopic (exact) mass is 259 g/mol. The highest BCUT2D eigenvalue weighted by atomic mass is 35.5. The summed E-state index contributed by atoms with van der Waals surface area (Å²) in [6, 6.07) is 7.65. The van der Waals surface area contributed by atoms with Crippen LogP contribution in [0.4, 0.5) is 0 Å². The van der Waals surface area contributed by atoms with Crippen molar-refractivity contribution in [1.29, 1.82) is 0 Å². The van der Waals surface area contributed by atoms with Crippen molar-refractivity contribution in [2.45, 2.75) is 6.61 Å². The lowest BCUT2D eigenvalue weighted by molar-refractivity contribution is 0.306. The Kier molecular flexibility index (Phi) is 2.86. The maximum Gasteiger partial charge on any atom is 0.136 e. The van der Waals surface area contributed by atoms with Crippen LogP contribution in [0.1, 0.15) is 5.56 Å². The zero-order valence-corrected chi connectivity index (χ0v) is 10.2. The second-order valence-corrected chi connectivity index (χ2v) is 4.24. The third kappa shape index (κ3) is 2.15. The van der Waals surface area contributed by atoms with Crippen molar-refractivity contribution < 1.29 is 4.74 Å². The first-order valence-corrected chi connectivity index (χ1v) is 5.85. The second-order valence-electron chi connectivity index (χ2n) is 3.88. The van der Waals surface area contributed by atoms with E-state index >= 15 is 0 Å². The van der Waals surface area contributed by atoms with Gasteiger partial charge in [0, 0.05) is 23.3 Å². The minimum atomic E-state index is 0.487. The Bertz CT molecular complexity index is 667. The lowest BCUT2D eigenvalue weighted by Crippen LogP contribution is -1.93. The summed E-state index contributed by atoms with van der Waals surface area (Å²) in [5, 5.41) is 9.06. The van der Waals surface area contributed by atoms with Gasteiger partial charge in [0.2, 0.25) is 0 Å². The Morgan fingerprint density at radius 2 is 2.22 bits per heavy atom. The molecule has 0 spiro atoms. The van der Waals surface area contributed by atoms with Crippen molar-refractivity contribution in [2.75, 3.05) is 0 Å². The third-order valence-corrected chi connectivity index (χ3v) is 2.95. The molecule has 90 valence electrons. The first-order chi connectivity index (χ1) is 8.83. The standard InChI is InChI=1S/C13H10ClN3O/c14-13-12-2-1-11(5-10(12)3-4-15-13)18-8-9-6-16-17-7-9/h1-7H,8H2,(H,16,17). The number of H-pyrrole nitrogens is 1. The van der Waals surface area contributed by atoms with Gasteiger partial charge in [-0.3, -0.25) is 5.10 Å². The van der Waals surface area contributed by atoms with Crippen molar-refractivity contribution in [3.8, 4) is 5.75 Å². The number of hydrogen-bond acceptors (Lipinski definition) is 3. The number of nitrogens with zero attached hydrogens (tertiary/aromatic N) is 2. The first-order valence-electron chi connectivity index (χ1n) is 5.48. The summed E-state index contributed by atoms with van der Waals surface area (Å²) in [6.45, 7) is 0.487. The van der Waals surface area contributed by atoms with Gasteiger partial charge in [-0.2, -0.15) is 5.10 Å². The van der Waals surface area contributed by atoms with Gasteiger partial charge >= 0.3 is 0 Å². The van der Waals surface area contributed by atoms with E-state index in [0.29, 0.717) is 11.8 Å². The fraction of sp³-hybridized carbons (Fsp3) is 0.0769. The van der Waals surface area contributed by atoms with Gasteiger partial charge in [-0.05, 0) is 29.7 Å². The summed E-state index contributed by atoms with van der Waals surface area (Å²) in [4.78, 5) is 4.04. The van der Waals surface area contributed by atoms with Gasteiger partial charge in [-0.1, -0.05) is 11.6 Å². The fourth-order valence-electron chi connectivity index (χ4n) is 1.73. The van der Waals surface area contributed by atoms with E-state index in [1.807, 2.05) is 30.5 Å². The van der Waals surface area contributed by atoms with Gasteiger partial charge in [0.25, 0.3) is 0 Å². The van der Waals surface area contributed by atoms with Crippen molar-refractivity contribution >= 4 is 22.4 Å². The molecule has 4 nitrogen and oxygen atoms in total. The number of ether oxygens (including phenoxy) is 1. The number of benzene rings is 1. The molecule has 2 aromatic heterocycles. The molecule has 0 bridgehead atoms. The topological polar surface area (TPSA) is 50.8 Å². The van der Waals surface area contributed by atoms with E-state index in [0.717, 1.165) is 22.1 Å². The van der Waals surface area contributed by atoms with E-state index in [4.69, 9.17) is 16.3 Å². The Labute approximate surface area is 109 Å². The molecule has 3 rings (SSSR count). The van der Waals surface area contributed by atoms with Crippen LogP contribution in [0, 0.1) is 0 Å². The van der Waals surface area contributed by atoms with E-state index in [-0.39, 0.29) is 0 Å². The predicted octanol–water partition coefficient (Wildman–Crippen LogP) is 3.19. The lowest BCUT2D eigenvalue weighted by Gasteiger charge is -2.06. The van der Waals surface area contributed by atoms with Crippen LogP contribution in [-0.2, 0) is 6.61 Å². The summed E-state index contributed by atoms with van der Waals surface area (Å²) < 4.78 is 5.67. The van der Waals surface area contributed by atoms with Gasteiger partial charge in [0.15, 0.2) is 0 Å². The zero-order chi connectivity index (χ0) is 12.4. The van der Waals surface area contributed by atoms with Gasteiger partial charge in [-0.15, -0.1) is 0 Å². The third-order valence-electron chi connectivity index (χ3n) is 2.65. The molecule has 5 heteroatoms. The van der Waals surface area contributed by atoms with E-state index in [1.54, 1.807) is 12.4 Å². The number of rotatable bonds is 3. The summed E-state index contributed by atoms with van der Waals surface area (Å²) in [6.07, 6.45) is 5.23. The zero-order valence-electron chi connectivity index (χ0n) is 9.43. The van der Waals surface area contributed by atoms with Crippen LogP contribution >= 0.6 is 11.6 Å². The van der Waals surface area contributed by atoms with Gasteiger partial charge < -0.3 is 4.74 Å². The largest absolute Gasteiger partial charge is 0.489 e. The maximum absolute atomic E-state index is 6.00. The molecule has 0 saturated carbocycles. The first kappa shape index (κ1) is 11.0. The molecule has 3 aromatic rings. The number of aromatic amines is 1. The average molecular weight is 260 g/mol. The van der Waals surface area contributed by atoms with E-state index < -0.39 is 0 Å². The van der Waals surface area contributed by atoms with Crippen LogP contribution in [0.5, 0.6) is 5.75 Å². The van der Waals surface area contributed by atoms with Crippen LogP contribution in [0.25, 0.3) is 10.8 Å². The molecule has 2 heterocycles.